The first kappa shape index (κ1) is 19.1. The minimum absolute atomic E-state index is 0.0310. The molecule has 1 fully saturated rings. The highest BCUT2D eigenvalue weighted by molar-refractivity contribution is 7.22. The van der Waals surface area contributed by atoms with Crippen LogP contribution in [0.15, 0.2) is 53.3 Å². The fourth-order valence-corrected chi connectivity index (χ4v) is 4.60. The van der Waals surface area contributed by atoms with E-state index >= 15 is 0 Å². The lowest BCUT2D eigenvalue weighted by atomic mass is 9.83. The molecule has 4 rings (SSSR count). The Labute approximate surface area is 171 Å². The number of benzene rings is 2. The average molecular weight is 415 g/mol. The van der Waals surface area contributed by atoms with Crippen LogP contribution in [-0.2, 0) is 9.53 Å². The van der Waals surface area contributed by atoms with Gasteiger partial charge >= 0.3 is 0 Å². The molecule has 0 spiro atoms. The Morgan fingerprint density at radius 2 is 1.89 bits per heavy atom. The van der Waals surface area contributed by atoms with Gasteiger partial charge < -0.3 is 14.3 Å². The zero-order valence-corrected chi connectivity index (χ0v) is 16.7. The number of aldehydes is 1. The second-order valence-electron chi connectivity index (χ2n) is 6.82. The number of fused-ring (bicyclic) bond motifs is 1. The molecule has 0 unspecified atom stereocenters. The van der Waals surface area contributed by atoms with Crippen LogP contribution in [0, 0.1) is 5.92 Å². The lowest BCUT2D eigenvalue weighted by Gasteiger charge is -2.31. The molecule has 6 heteroatoms. The first-order valence-corrected chi connectivity index (χ1v) is 10.4. The number of carbonyl (C=O) groups excluding carboxylic acids is 1. The van der Waals surface area contributed by atoms with Crippen LogP contribution in [0.2, 0.25) is 5.02 Å². The highest BCUT2D eigenvalue weighted by Crippen LogP contribution is 2.33. The van der Waals surface area contributed by atoms with Crippen molar-refractivity contribution in [3.63, 3.8) is 0 Å². The maximum absolute atomic E-state index is 12.4. The summed E-state index contributed by atoms with van der Waals surface area (Å²) < 4.78 is 12.2. The SMILES string of the molecule is O=CC1CC(OCCOc2ccc(-c3cc(=O)c4cccc(Cl)c4s3)cc2)C1. The van der Waals surface area contributed by atoms with Gasteiger partial charge in [-0.2, -0.15) is 0 Å². The topological polar surface area (TPSA) is 52.6 Å². The number of hydrogen-bond acceptors (Lipinski definition) is 5. The highest BCUT2D eigenvalue weighted by Gasteiger charge is 2.29. The van der Waals surface area contributed by atoms with Gasteiger partial charge in [0.05, 0.1) is 22.4 Å². The second kappa shape index (κ2) is 8.43. The third-order valence-corrected chi connectivity index (χ3v) is 6.52. The van der Waals surface area contributed by atoms with Crippen LogP contribution in [0.4, 0.5) is 0 Å². The van der Waals surface area contributed by atoms with Gasteiger partial charge in [-0.1, -0.05) is 17.7 Å². The largest absolute Gasteiger partial charge is 0.491 e. The van der Waals surface area contributed by atoms with Gasteiger partial charge in [0, 0.05) is 22.2 Å². The summed E-state index contributed by atoms with van der Waals surface area (Å²) in [6.07, 6.45) is 2.81. The summed E-state index contributed by atoms with van der Waals surface area (Å²) in [5.74, 6) is 0.914. The molecule has 1 aliphatic carbocycles. The van der Waals surface area contributed by atoms with Crippen molar-refractivity contribution in [3.05, 3.63) is 63.8 Å². The summed E-state index contributed by atoms with van der Waals surface area (Å²) in [5.41, 5.74) is 0.915. The molecule has 0 radical (unpaired) electrons. The van der Waals surface area contributed by atoms with Crippen molar-refractivity contribution in [2.75, 3.05) is 13.2 Å². The zero-order chi connectivity index (χ0) is 19.5. The summed E-state index contributed by atoms with van der Waals surface area (Å²) in [5, 5.41) is 1.24. The molecule has 1 aliphatic rings. The molecule has 144 valence electrons. The van der Waals surface area contributed by atoms with Crippen LogP contribution >= 0.6 is 22.9 Å². The standard InChI is InChI=1S/C22H19ClO4S/c23-19-3-1-2-18-20(25)12-21(28-22(18)19)15-4-6-16(7-5-15)26-8-9-27-17-10-14(11-17)13-24/h1-7,12-14,17H,8-11H2. The first-order chi connectivity index (χ1) is 13.6. The van der Waals surface area contributed by atoms with E-state index in [2.05, 4.69) is 0 Å². The predicted molar refractivity (Wildman–Crippen MR) is 113 cm³/mol. The van der Waals surface area contributed by atoms with Gasteiger partial charge in [0.25, 0.3) is 0 Å². The van der Waals surface area contributed by atoms with Crippen molar-refractivity contribution in [3.8, 4) is 16.2 Å². The Hall–Kier alpha value is -2.21. The predicted octanol–water partition coefficient (Wildman–Crippen LogP) is 4.95. The van der Waals surface area contributed by atoms with E-state index in [1.807, 2.05) is 24.3 Å². The van der Waals surface area contributed by atoms with E-state index in [0.717, 1.165) is 40.0 Å². The van der Waals surface area contributed by atoms with E-state index < -0.39 is 0 Å². The van der Waals surface area contributed by atoms with Gasteiger partial charge in [0.2, 0.25) is 0 Å². The van der Waals surface area contributed by atoms with Crippen molar-refractivity contribution in [2.24, 2.45) is 5.92 Å². The zero-order valence-electron chi connectivity index (χ0n) is 15.1. The van der Waals surface area contributed by atoms with E-state index in [1.54, 1.807) is 24.3 Å². The summed E-state index contributed by atoms with van der Waals surface area (Å²) in [6.45, 7) is 0.962. The van der Waals surface area contributed by atoms with Crippen molar-refractivity contribution in [1.82, 2.24) is 0 Å². The molecular formula is C22H19ClO4S. The van der Waals surface area contributed by atoms with Gasteiger partial charge in [-0.25, -0.2) is 0 Å². The minimum Gasteiger partial charge on any atom is -0.491 e. The van der Waals surface area contributed by atoms with Crippen molar-refractivity contribution >= 4 is 39.3 Å². The molecule has 0 atom stereocenters. The summed E-state index contributed by atoms with van der Waals surface area (Å²) in [4.78, 5) is 23.8. The summed E-state index contributed by atoms with van der Waals surface area (Å²) in [7, 11) is 0. The average Bonchev–Trinajstić information content (AvgIpc) is 2.67. The van der Waals surface area contributed by atoms with Crippen LogP contribution in [-0.4, -0.2) is 25.6 Å². The van der Waals surface area contributed by atoms with Crippen molar-refractivity contribution < 1.29 is 14.3 Å². The molecule has 28 heavy (non-hydrogen) atoms. The summed E-state index contributed by atoms with van der Waals surface area (Å²) in [6, 6.07) is 14.7. The third kappa shape index (κ3) is 4.12. The molecule has 0 amide bonds. The quantitative estimate of drug-likeness (QED) is 0.405. The number of ether oxygens (including phenoxy) is 2. The Bertz CT molecular complexity index is 1040. The molecule has 0 aliphatic heterocycles. The monoisotopic (exact) mass is 414 g/mol. The smallest absolute Gasteiger partial charge is 0.188 e. The molecular weight excluding hydrogens is 396 g/mol. The van der Waals surface area contributed by atoms with Gasteiger partial charge in [0.15, 0.2) is 5.43 Å². The molecule has 4 nitrogen and oxygen atoms in total. The van der Waals surface area contributed by atoms with E-state index in [9.17, 15) is 9.59 Å². The van der Waals surface area contributed by atoms with Crippen LogP contribution < -0.4 is 10.2 Å². The molecule has 3 aromatic rings. The van der Waals surface area contributed by atoms with Crippen LogP contribution in [0.5, 0.6) is 5.75 Å². The van der Waals surface area contributed by atoms with Crippen molar-refractivity contribution in [1.29, 1.82) is 0 Å². The van der Waals surface area contributed by atoms with Gasteiger partial charge in [-0.05, 0) is 54.8 Å². The molecule has 0 N–H and O–H groups in total. The van der Waals surface area contributed by atoms with E-state index in [0.29, 0.717) is 23.6 Å². The Morgan fingerprint density at radius 3 is 2.64 bits per heavy atom. The number of rotatable bonds is 7. The normalized spacial score (nSPS) is 18.6. The molecule has 2 aromatic carbocycles. The molecule has 1 aromatic heterocycles. The van der Waals surface area contributed by atoms with E-state index in [-0.39, 0.29) is 17.5 Å². The van der Waals surface area contributed by atoms with Crippen LogP contribution in [0.25, 0.3) is 20.5 Å². The van der Waals surface area contributed by atoms with Crippen LogP contribution in [0.1, 0.15) is 12.8 Å². The number of hydrogen-bond donors (Lipinski definition) is 0. The Balaban J connectivity index is 1.38. The van der Waals surface area contributed by atoms with Crippen LogP contribution in [0.3, 0.4) is 0 Å². The van der Waals surface area contributed by atoms with Crippen molar-refractivity contribution in [2.45, 2.75) is 18.9 Å². The first-order valence-electron chi connectivity index (χ1n) is 9.16. The lowest BCUT2D eigenvalue weighted by Crippen LogP contribution is -2.33. The summed E-state index contributed by atoms with van der Waals surface area (Å²) >= 11 is 7.76. The van der Waals surface area contributed by atoms with E-state index in [1.165, 1.54) is 11.3 Å². The molecule has 0 saturated heterocycles. The molecule has 0 bridgehead atoms. The van der Waals surface area contributed by atoms with E-state index in [4.69, 9.17) is 21.1 Å². The number of halogens is 1. The Morgan fingerprint density at radius 1 is 1.11 bits per heavy atom. The third-order valence-electron chi connectivity index (χ3n) is 4.87. The van der Waals surface area contributed by atoms with Gasteiger partial charge in [0.1, 0.15) is 18.6 Å². The Kier molecular flexibility index (Phi) is 5.76. The maximum Gasteiger partial charge on any atom is 0.188 e. The number of carbonyl (C=O) groups is 1. The molecule has 1 saturated carbocycles. The fourth-order valence-electron chi connectivity index (χ4n) is 3.23. The minimum atomic E-state index is -0.0310. The highest BCUT2D eigenvalue weighted by atomic mass is 35.5. The van der Waals surface area contributed by atoms with Gasteiger partial charge in [-0.3, -0.25) is 4.79 Å². The maximum atomic E-state index is 12.4. The lowest BCUT2D eigenvalue weighted by molar-refractivity contribution is -0.119. The second-order valence-corrected chi connectivity index (χ2v) is 8.28. The van der Waals surface area contributed by atoms with Gasteiger partial charge in [-0.15, -0.1) is 11.3 Å². The molecule has 1 heterocycles. The fraction of sp³-hybridized carbons (Fsp3) is 0.273.